The minimum Gasteiger partial charge on any atom is -0.391 e. The molecular formula is C15H23N5O2. The van der Waals surface area contributed by atoms with Gasteiger partial charge in [-0.1, -0.05) is 12.8 Å². The van der Waals surface area contributed by atoms with Crippen LogP contribution in [-0.2, 0) is 4.79 Å². The van der Waals surface area contributed by atoms with Crippen LogP contribution in [0.15, 0.2) is 12.4 Å². The van der Waals surface area contributed by atoms with Gasteiger partial charge in [-0.25, -0.2) is 9.97 Å². The van der Waals surface area contributed by atoms with E-state index in [0.717, 1.165) is 38.0 Å². The SMILES string of the molecule is CN1CCN(c2cc(NC3CCCCC3O)ncn2)CC1=O. The highest BCUT2D eigenvalue weighted by Crippen LogP contribution is 2.23. The molecule has 2 aliphatic rings. The molecule has 2 heterocycles. The third-order valence-corrected chi connectivity index (χ3v) is 4.50. The zero-order valence-electron chi connectivity index (χ0n) is 12.9. The van der Waals surface area contributed by atoms with Crippen molar-refractivity contribution < 1.29 is 9.90 Å². The fraction of sp³-hybridized carbons (Fsp3) is 0.667. The summed E-state index contributed by atoms with van der Waals surface area (Å²) in [6.45, 7) is 1.82. The molecule has 22 heavy (non-hydrogen) atoms. The minimum absolute atomic E-state index is 0.0469. The molecule has 120 valence electrons. The van der Waals surface area contributed by atoms with E-state index >= 15 is 0 Å². The molecule has 3 rings (SSSR count). The Morgan fingerprint density at radius 2 is 2.09 bits per heavy atom. The number of carbonyl (C=O) groups is 1. The van der Waals surface area contributed by atoms with Crippen LogP contribution in [0.4, 0.5) is 11.6 Å². The van der Waals surface area contributed by atoms with Crippen LogP contribution in [0.3, 0.4) is 0 Å². The summed E-state index contributed by atoms with van der Waals surface area (Å²) in [6.07, 6.45) is 5.18. The first-order valence-electron chi connectivity index (χ1n) is 7.89. The lowest BCUT2D eigenvalue weighted by Gasteiger charge is -2.33. The van der Waals surface area contributed by atoms with Gasteiger partial charge in [-0.15, -0.1) is 0 Å². The van der Waals surface area contributed by atoms with Crippen LogP contribution in [-0.4, -0.2) is 64.7 Å². The summed E-state index contributed by atoms with van der Waals surface area (Å²) < 4.78 is 0. The topological polar surface area (TPSA) is 81.6 Å². The molecule has 1 saturated carbocycles. The largest absolute Gasteiger partial charge is 0.391 e. The van der Waals surface area contributed by atoms with E-state index in [1.165, 1.54) is 6.33 Å². The number of likely N-dealkylation sites (N-methyl/N-ethyl adjacent to an activating group) is 1. The Hall–Kier alpha value is -1.89. The number of aliphatic hydroxyl groups is 1. The van der Waals surface area contributed by atoms with E-state index in [0.29, 0.717) is 18.9 Å². The molecule has 0 bridgehead atoms. The van der Waals surface area contributed by atoms with Gasteiger partial charge in [-0.2, -0.15) is 0 Å². The lowest BCUT2D eigenvalue weighted by atomic mass is 9.92. The first-order valence-corrected chi connectivity index (χ1v) is 7.89. The Balaban J connectivity index is 1.68. The van der Waals surface area contributed by atoms with Crippen molar-refractivity contribution >= 4 is 17.5 Å². The second-order valence-corrected chi connectivity index (χ2v) is 6.10. The number of carbonyl (C=O) groups excluding carboxylic acids is 1. The predicted molar refractivity (Wildman–Crippen MR) is 83.8 cm³/mol. The van der Waals surface area contributed by atoms with Crippen LogP contribution in [0.25, 0.3) is 0 Å². The lowest BCUT2D eigenvalue weighted by molar-refractivity contribution is -0.129. The van der Waals surface area contributed by atoms with Crippen LogP contribution in [0.2, 0.25) is 0 Å². The molecule has 2 N–H and O–H groups in total. The summed E-state index contributed by atoms with van der Waals surface area (Å²) in [4.78, 5) is 24.0. The monoisotopic (exact) mass is 305 g/mol. The maximum Gasteiger partial charge on any atom is 0.241 e. The Labute approximate surface area is 130 Å². The maximum atomic E-state index is 11.8. The van der Waals surface area contributed by atoms with Gasteiger partial charge >= 0.3 is 0 Å². The molecule has 0 spiro atoms. The second kappa shape index (κ2) is 6.48. The van der Waals surface area contributed by atoms with Crippen molar-refractivity contribution in [2.45, 2.75) is 37.8 Å². The Morgan fingerprint density at radius 1 is 1.27 bits per heavy atom. The normalized spacial score (nSPS) is 26.2. The average Bonchev–Trinajstić information content (AvgIpc) is 2.53. The predicted octanol–water partition coefficient (Wildman–Crippen LogP) is 0.470. The number of aliphatic hydroxyl groups excluding tert-OH is 1. The van der Waals surface area contributed by atoms with Crippen molar-refractivity contribution in [2.75, 3.05) is 36.9 Å². The molecule has 1 aliphatic carbocycles. The molecule has 1 aliphatic heterocycles. The first kappa shape index (κ1) is 15.0. The molecule has 0 radical (unpaired) electrons. The second-order valence-electron chi connectivity index (χ2n) is 6.10. The van der Waals surface area contributed by atoms with Gasteiger partial charge in [0, 0.05) is 26.2 Å². The number of hydrogen-bond acceptors (Lipinski definition) is 6. The number of anilines is 2. The Bertz CT molecular complexity index is 538. The fourth-order valence-electron chi connectivity index (χ4n) is 3.02. The maximum absolute atomic E-state index is 11.8. The number of piperazine rings is 1. The molecule has 2 unspecified atom stereocenters. The molecule has 1 aromatic heterocycles. The molecule has 7 nitrogen and oxygen atoms in total. The summed E-state index contributed by atoms with van der Waals surface area (Å²) in [7, 11) is 1.82. The number of aromatic nitrogens is 2. The van der Waals surface area contributed by atoms with Gasteiger partial charge < -0.3 is 20.2 Å². The zero-order chi connectivity index (χ0) is 15.5. The van der Waals surface area contributed by atoms with Crippen molar-refractivity contribution in [1.29, 1.82) is 0 Å². The number of amides is 1. The van der Waals surface area contributed by atoms with Gasteiger partial charge in [0.25, 0.3) is 0 Å². The summed E-state index contributed by atoms with van der Waals surface area (Å²) in [5, 5.41) is 13.4. The van der Waals surface area contributed by atoms with Crippen LogP contribution in [0.1, 0.15) is 25.7 Å². The number of hydrogen-bond donors (Lipinski definition) is 2. The van der Waals surface area contributed by atoms with E-state index in [9.17, 15) is 9.90 Å². The molecule has 1 saturated heterocycles. The van der Waals surface area contributed by atoms with E-state index in [1.807, 2.05) is 18.0 Å². The van der Waals surface area contributed by atoms with E-state index in [-0.39, 0.29) is 18.1 Å². The molecule has 1 aromatic rings. The summed E-state index contributed by atoms with van der Waals surface area (Å²) >= 11 is 0. The van der Waals surface area contributed by atoms with Crippen molar-refractivity contribution in [3.8, 4) is 0 Å². The van der Waals surface area contributed by atoms with Gasteiger partial charge in [-0.05, 0) is 12.8 Å². The summed E-state index contributed by atoms with van der Waals surface area (Å²) in [5.41, 5.74) is 0. The third kappa shape index (κ3) is 3.30. The van der Waals surface area contributed by atoms with Gasteiger partial charge in [0.05, 0.1) is 18.7 Å². The zero-order valence-corrected chi connectivity index (χ0v) is 12.9. The highest BCUT2D eigenvalue weighted by molar-refractivity contribution is 5.82. The van der Waals surface area contributed by atoms with Gasteiger partial charge in [0.1, 0.15) is 18.0 Å². The average molecular weight is 305 g/mol. The number of nitrogens with one attached hydrogen (secondary N) is 1. The standard InChI is InChI=1S/C15H23N5O2/c1-19-6-7-20(9-15(19)22)14-8-13(16-10-17-14)18-11-4-2-3-5-12(11)21/h8,10-12,21H,2-7,9H2,1H3,(H,16,17,18). The molecule has 1 amide bonds. The summed E-state index contributed by atoms with van der Waals surface area (Å²) in [6, 6.07) is 1.91. The van der Waals surface area contributed by atoms with Gasteiger partial charge in [-0.3, -0.25) is 4.79 Å². The molecule has 2 fully saturated rings. The van der Waals surface area contributed by atoms with Gasteiger partial charge in [0.15, 0.2) is 0 Å². The number of nitrogens with zero attached hydrogens (tertiary/aromatic N) is 4. The van der Waals surface area contributed by atoms with E-state index in [2.05, 4.69) is 15.3 Å². The van der Waals surface area contributed by atoms with Crippen molar-refractivity contribution in [2.24, 2.45) is 0 Å². The van der Waals surface area contributed by atoms with Crippen LogP contribution < -0.4 is 10.2 Å². The lowest BCUT2D eigenvalue weighted by Crippen LogP contribution is -2.48. The summed E-state index contributed by atoms with van der Waals surface area (Å²) in [5.74, 6) is 1.56. The highest BCUT2D eigenvalue weighted by atomic mass is 16.3. The molecule has 2 atom stereocenters. The molecular weight excluding hydrogens is 282 g/mol. The van der Waals surface area contributed by atoms with Crippen LogP contribution in [0.5, 0.6) is 0 Å². The Kier molecular flexibility index (Phi) is 4.42. The van der Waals surface area contributed by atoms with Gasteiger partial charge in [0.2, 0.25) is 5.91 Å². The Morgan fingerprint density at radius 3 is 2.86 bits per heavy atom. The quantitative estimate of drug-likeness (QED) is 0.845. The smallest absolute Gasteiger partial charge is 0.241 e. The van der Waals surface area contributed by atoms with Crippen molar-refractivity contribution in [3.63, 3.8) is 0 Å². The van der Waals surface area contributed by atoms with Crippen LogP contribution >= 0.6 is 0 Å². The first-order chi connectivity index (χ1) is 10.6. The molecule has 7 heteroatoms. The van der Waals surface area contributed by atoms with E-state index in [1.54, 1.807) is 4.90 Å². The van der Waals surface area contributed by atoms with E-state index in [4.69, 9.17) is 0 Å². The van der Waals surface area contributed by atoms with E-state index < -0.39 is 0 Å². The fourth-order valence-corrected chi connectivity index (χ4v) is 3.02. The highest BCUT2D eigenvalue weighted by Gasteiger charge is 2.25. The van der Waals surface area contributed by atoms with Crippen LogP contribution in [0, 0.1) is 0 Å². The number of rotatable bonds is 3. The third-order valence-electron chi connectivity index (χ3n) is 4.50. The van der Waals surface area contributed by atoms with Crippen molar-refractivity contribution in [1.82, 2.24) is 14.9 Å². The minimum atomic E-state index is -0.322. The van der Waals surface area contributed by atoms with Crippen molar-refractivity contribution in [3.05, 3.63) is 12.4 Å². The molecule has 0 aromatic carbocycles.